The average Bonchev–Trinajstić information content (AvgIpc) is 2.59. The molecule has 14 heavy (non-hydrogen) atoms. The lowest BCUT2D eigenvalue weighted by Crippen LogP contribution is -2.29. The zero-order valence-electron chi connectivity index (χ0n) is 8.03. The van der Waals surface area contributed by atoms with E-state index >= 15 is 0 Å². The molecule has 0 amide bonds. The number of rotatable bonds is 2. The second-order valence-electron chi connectivity index (χ2n) is 4.05. The maximum absolute atomic E-state index is 9.76. The smallest absolute Gasteiger partial charge is 0.183 e. The quantitative estimate of drug-likeness (QED) is 0.844. The van der Waals surface area contributed by atoms with Crippen LogP contribution in [-0.4, -0.2) is 33.7 Å². The van der Waals surface area contributed by atoms with Crippen molar-refractivity contribution in [2.75, 3.05) is 13.1 Å². The number of thiazole rings is 1. The fraction of sp³-hybridized carbons (Fsp3) is 0.667. The van der Waals surface area contributed by atoms with Gasteiger partial charge < -0.3 is 5.11 Å². The van der Waals surface area contributed by atoms with Gasteiger partial charge >= 0.3 is 0 Å². The summed E-state index contributed by atoms with van der Waals surface area (Å²) in [5.41, 5.74) is 0.470. The molecule has 3 nitrogen and oxygen atoms in total. The molecule has 0 saturated carbocycles. The molecule has 0 bridgehead atoms. The standard InChI is InChI=1S/C9H13ClN2OS/c1-9(13)2-3-12(6-9)4-7-5-14-8(10)11-7/h5,13H,2-4,6H2,1H3. The molecule has 2 heterocycles. The Balaban J connectivity index is 1.94. The minimum Gasteiger partial charge on any atom is -0.389 e. The first-order valence-corrected chi connectivity index (χ1v) is 5.86. The van der Waals surface area contributed by atoms with Crippen LogP contribution in [0.5, 0.6) is 0 Å². The van der Waals surface area contributed by atoms with Crippen molar-refractivity contribution in [3.05, 3.63) is 15.5 Å². The van der Waals surface area contributed by atoms with Crippen molar-refractivity contribution in [2.45, 2.75) is 25.5 Å². The van der Waals surface area contributed by atoms with Gasteiger partial charge in [0.2, 0.25) is 0 Å². The Morgan fingerprint density at radius 3 is 3.07 bits per heavy atom. The van der Waals surface area contributed by atoms with Crippen LogP contribution >= 0.6 is 22.9 Å². The molecule has 2 rings (SSSR count). The van der Waals surface area contributed by atoms with Crippen molar-refractivity contribution < 1.29 is 5.11 Å². The second-order valence-corrected chi connectivity index (χ2v) is 5.49. The highest BCUT2D eigenvalue weighted by atomic mass is 35.5. The summed E-state index contributed by atoms with van der Waals surface area (Å²) in [5.74, 6) is 0. The average molecular weight is 233 g/mol. The maximum atomic E-state index is 9.76. The number of hydrogen-bond donors (Lipinski definition) is 1. The third kappa shape index (κ3) is 2.45. The second kappa shape index (κ2) is 3.77. The van der Waals surface area contributed by atoms with Crippen LogP contribution in [0.1, 0.15) is 19.0 Å². The molecule has 0 aliphatic carbocycles. The third-order valence-electron chi connectivity index (χ3n) is 2.44. The predicted octanol–water partition coefficient (Wildman–Crippen LogP) is 1.75. The Kier molecular flexibility index (Phi) is 2.79. The van der Waals surface area contributed by atoms with Crippen molar-refractivity contribution in [1.82, 2.24) is 9.88 Å². The number of aromatic nitrogens is 1. The van der Waals surface area contributed by atoms with E-state index in [1.165, 1.54) is 11.3 Å². The van der Waals surface area contributed by atoms with E-state index in [1.807, 2.05) is 12.3 Å². The number of nitrogens with zero attached hydrogens (tertiary/aromatic N) is 2. The van der Waals surface area contributed by atoms with Crippen molar-refractivity contribution >= 4 is 22.9 Å². The molecule has 1 aliphatic rings. The molecule has 0 aromatic carbocycles. The van der Waals surface area contributed by atoms with E-state index < -0.39 is 5.60 Å². The van der Waals surface area contributed by atoms with Crippen LogP contribution in [0.4, 0.5) is 0 Å². The zero-order valence-corrected chi connectivity index (χ0v) is 9.61. The number of aliphatic hydroxyl groups is 1. The molecule has 1 aromatic rings. The summed E-state index contributed by atoms with van der Waals surface area (Å²) in [6.07, 6.45) is 0.838. The van der Waals surface area contributed by atoms with Crippen LogP contribution < -0.4 is 0 Å². The molecule has 1 aliphatic heterocycles. The van der Waals surface area contributed by atoms with Gasteiger partial charge in [-0.05, 0) is 13.3 Å². The van der Waals surface area contributed by atoms with Crippen LogP contribution in [0.3, 0.4) is 0 Å². The Labute approximate surface area is 92.3 Å². The highest BCUT2D eigenvalue weighted by Gasteiger charge is 2.31. The first-order chi connectivity index (χ1) is 6.55. The monoisotopic (exact) mass is 232 g/mol. The van der Waals surface area contributed by atoms with Crippen LogP contribution in [0.2, 0.25) is 4.47 Å². The molecule has 1 aromatic heterocycles. The lowest BCUT2D eigenvalue weighted by atomic mass is 10.1. The molecular formula is C9H13ClN2OS. The summed E-state index contributed by atoms with van der Waals surface area (Å²) >= 11 is 7.19. The highest BCUT2D eigenvalue weighted by Crippen LogP contribution is 2.23. The number of hydrogen-bond acceptors (Lipinski definition) is 4. The van der Waals surface area contributed by atoms with Gasteiger partial charge in [0.25, 0.3) is 0 Å². The van der Waals surface area contributed by atoms with Gasteiger partial charge in [-0.3, -0.25) is 4.90 Å². The van der Waals surface area contributed by atoms with E-state index in [9.17, 15) is 5.11 Å². The minimum absolute atomic E-state index is 0.528. The van der Waals surface area contributed by atoms with Crippen molar-refractivity contribution in [3.8, 4) is 0 Å². The third-order valence-corrected chi connectivity index (χ3v) is 3.47. The topological polar surface area (TPSA) is 36.4 Å². The number of likely N-dealkylation sites (tertiary alicyclic amines) is 1. The molecule has 0 radical (unpaired) electrons. The molecule has 1 fully saturated rings. The van der Waals surface area contributed by atoms with Gasteiger partial charge in [-0.25, -0.2) is 4.98 Å². The summed E-state index contributed by atoms with van der Waals surface area (Å²) in [4.78, 5) is 6.38. The molecule has 0 spiro atoms. The van der Waals surface area contributed by atoms with Crippen LogP contribution in [0.25, 0.3) is 0 Å². The number of β-amino-alcohol motifs (C(OH)–C–C–N with tert-alkyl or cyclic N) is 1. The minimum atomic E-state index is -0.528. The van der Waals surface area contributed by atoms with Gasteiger partial charge in [0, 0.05) is 25.0 Å². The highest BCUT2D eigenvalue weighted by molar-refractivity contribution is 7.13. The Bertz CT molecular complexity index is 326. The molecule has 1 atom stereocenters. The van der Waals surface area contributed by atoms with Crippen molar-refractivity contribution in [2.24, 2.45) is 0 Å². The summed E-state index contributed by atoms with van der Waals surface area (Å²) < 4.78 is 0.589. The van der Waals surface area contributed by atoms with Gasteiger partial charge in [-0.1, -0.05) is 11.6 Å². The lowest BCUT2D eigenvalue weighted by molar-refractivity contribution is 0.0678. The summed E-state index contributed by atoms with van der Waals surface area (Å²) in [5, 5.41) is 11.7. The summed E-state index contributed by atoms with van der Waals surface area (Å²) in [6, 6.07) is 0. The SMILES string of the molecule is CC1(O)CCN(Cc2csc(Cl)n2)C1. The van der Waals surface area contributed by atoms with Crippen LogP contribution in [-0.2, 0) is 6.54 Å². The lowest BCUT2D eigenvalue weighted by Gasteiger charge is -2.17. The van der Waals surface area contributed by atoms with Gasteiger partial charge in [0.1, 0.15) is 0 Å². The van der Waals surface area contributed by atoms with Crippen molar-refractivity contribution in [1.29, 1.82) is 0 Å². The largest absolute Gasteiger partial charge is 0.389 e. The van der Waals surface area contributed by atoms with E-state index in [-0.39, 0.29) is 0 Å². The normalized spacial score (nSPS) is 28.5. The Morgan fingerprint density at radius 2 is 2.57 bits per heavy atom. The Morgan fingerprint density at radius 1 is 1.79 bits per heavy atom. The fourth-order valence-electron chi connectivity index (χ4n) is 1.76. The summed E-state index contributed by atoms with van der Waals surface area (Å²) in [7, 11) is 0. The van der Waals surface area contributed by atoms with E-state index in [1.54, 1.807) is 0 Å². The van der Waals surface area contributed by atoms with Gasteiger partial charge in [-0.15, -0.1) is 11.3 Å². The van der Waals surface area contributed by atoms with E-state index in [0.717, 1.165) is 31.7 Å². The van der Waals surface area contributed by atoms with Gasteiger partial charge in [-0.2, -0.15) is 0 Å². The Hall–Kier alpha value is -0.160. The van der Waals surface area contributed by atoms with Crippen molar-refractivity contribution in [3.63, 3.8) is 0 Å². The van der Waals surface area contributed by atoms with Crippen LogP contribution in [0.15, 0.2) is 5.38 Å². The summed E-state index contributed by atoms with van der Waals surface area (Å²) in [6.45, 7) is 4.32. The number of halogens is 1. The van der Waals surface area contributed by atoms with E-state index in [2.05, 4.69) is 9.88 Å². The fourth-order valence-corrected chi connectivity index (χ4v) is 2.53. The molecule has 1 unspecified atom stereocenters. The zero-order chi connectivity index (χ0) is 10.2. The maximum Gasteiger partial charge on any atom is 0.183 e. The van der Waals surface area contributed by atoms with Gasteiger partial charge in [0.05, 0.1) is 11.3 Å². The molecule has 78 valence electrons. The molecule has 5 heteroatoms. The van der Waals surface area contributed by atoms with E-state index in [0.29, 0.717) is 4.47 Å². The first kappa shape index (κ1) is 10.4. The predicted molar refractivity (Wildman–Crippen MR) is 57.6 cm³/mol. The van der Waals surface area contributed by atoms with Crippen LogP contribution in [0, 0.1) is 0 Å². The van der Waals surface area contributed by atoms with E-state index in [4.69, 9.17) is 11.6 Å². The molecule has 1 N–H and O–H groups in total. The molecule has 1 saturated heterocycles. The first-order valence-electron chi connectivity index (χ1n) is 4.60. The molecular weight excluding hydrogens is 220 g/mol. The van der Waals surface area contributed by atoms with Gasteiger partial charge in [0.15, 0.2) is 4.47 Å².